The van der Waals surface area contributed by atoms with Gasteiger partial charge >= 0.3 is 5.97 Å². The van der Waals surface area contributed by atoms with Crippen LogP contribution in [0.1, 0.15) is 31.8 Å². The van der Waals surface area contributed by atoms with E-state index in [2.05, 4.69) is 4.98 Å². The van der Waals surface area contributed by atoms with Crippen LogP contribution in [0, 0.1) is 0 Å². The van der Waals surface area contributed by atoms with Crippen molar-refractivity contribution >= 4 is 22.8 Å². The van der Waals surface area contributed by atoms with Gasteiger partial charge in [0.2, 0.25) is 0 Å². The molecule has 0 saturated carbocycles. The number of nitrogens with zero attached hydrogens (tertiary/aromatic N) is 2. The zero-order valence-electron chi connectivity index (χ0n) is 14.4. The molecule has 0 spiro atoms. The van der Waals surface area contributed by atoms with Crippen LogP contribution in [0.3, 0.4) is 0 Å². The molecule has 1 aliphatic heterocycles. The van der Waals surface area contributed by atoms with Gasteiger partial charge in [0.25, 0.3) is 5.91 Å². The van der Waals surface area contributed by atoms with Crippen molar-refractivity contribution in [3.63, 3.8) is 0 Å². The lowest BCUT2D eigenvalue weighted by Gasteiger charge is -2.29. The van der Waals surface area contributed by atoms with Crippen LogP contribution < -0.4 is 0 Å². The number of amides is 1. The van der Waals surface area contributed by atoms with Gasteiger partial charge in [-0.15, -0.1) is 0 Å². The quantitative estimate of drug-likeness (QED) is 0.683. The molecule has 26 heavy (non-hydrogen) atoms. The van der Waals surface area contributed by atoms with Crippen LogP contribution in [-0.2, 0) is 17.7 Å². The van der Waals surface area contributed by atoms with Crippen LogP contribution in [0.5, 0.6) is 0 Å². The summed E-state index contributed by atoms with van der Waals surface area (Å²) in [6.45, 7) is 1.08. The van der Waals surface area contributed by atoms with Crippen LogP contribution in [0.2, 0.25) is 0 Å². The van der Waals surface area contributed by atoms with Crippen LogP contribution in [-0.4, -0.2) is 35.4 Å². The summed E-state index contributed by atoms with van der Waals surface area (Å²) in [4.78, 5) is 31.1. The summed E-state index contributed by atoms with van der Waals surface area (Å²) in [5.74, 6) is -0.457. The number of methoxy groups -OCH3 is 1. The fourth-order valence-electron chi connectivity index (χ4n) is 3.53. The van der Waals surface area contributed by atoms with Crippen molar-refractivity contribution in [3.05, 3.63) is 77.0 Å². The predicted octanol–water partition coefficient (Wildman–Crippen LogP) is 3.22. The molecule has 0 bridgehead atoms. The molecular formula is C21H18N2O3. The van der Waals surface area contributed by atoms with Crippen molar-refractivity contribution in [2.45, 2.75) is 13.0 Å². The monoisotopic (exact) mass is 346 g/mol. The first-order valence-corrected chi connectivity index (χ1v) is 8.51. The van der Waals surface area contributed by atoms with E-state index in [1.807, 2.05) is 35.2 Å². The molecule has 0 unspecified atom stereocenters. The van der Waals surface area contributed by atoms with Gasteiger partial charge in [-0.2, -0.15) is 0 Å². The van der Waals surface area contributed by atoms with E-state index in [1.54, 1.807) is 24.4 Å². The van der Waals surface area contributed by atoms with E-state index >= 15 is 0 Å². The lowest BCUT2D eigenvalue weighted by Crippen LogP contribution is -2.37. The molecule has 5 heteroatoms. The SMILES string of the molecule is COC(=O)c1cccc2c1CCN(Cc1ccnc3ccccc13)C2=O. The van der Waals surface area contributed by atoms with Crippen molar-refractivity contribution in [1.29, 1.82) is 0 Å². The third-order valence-electron chi connectivity index (χ3n) is 4.83. The molecule has 0 radical (unpaired) electrons. The van der Waals surface area contributed by atoms with E-state index in [4.69, 9.17) is 4.74 Å². The molecule has 0 atom stereocenters. The third kappa shape index (κ3) is 2.71. The van der Waals surface area contributed by atoms with Crippen molar-refractivity contribution in [3.8, 4) is 0 Å². The standard InChI is InChI=1S/C21H18N2O3/c1-26-21(25)18-7-4-6-17-16(18)10-12-23(20(17)24)13-14-9-11-22-19-8-3-2-5-15(14)19/h2-9,11H,10,12-13H2,1H3. The van der Waals surface area contributed by atoms with Gasteiger partial charge in [0.15, 0.2) is 0 Å². The summed E-state index contributed by atoms with van der Waals surface area (Å²) < 4.78 is 4.84. The second-order valence-electron chi connectivity index (χ2n) is 6.29. The Labute approximate surface area is 151 Å². The minimum absolute atomic E-state index is 0.0575. The van der Waals surface area contributed by atoms with E-state index in [0.717, 1.165) is 22.0 Å². The van der Waals surface area contributed by atoms with Gasteiger partial charge < -0.3 is 9.64 Å². The molecule has 4 rings (SSSR count). The number of fused-ring (bicyclic) bond motifs is 2. The fraction of sp³-hybridized carbons (Fsp3) is 0.190. The van der Waals surface area contributed by atoms with Gasteiger partial charge in [-0.3, -0.25) is 9.78 Å². The van der Waals surface area contributed by atoms with Crippen LogP contribution in [0.15, 0.2) is 54.7 Å². The average Bonchev–Trinajstić information content (AvgIpc) is 2.69. The Bertz CT molecular complexity index is 1010. The first-order valence-electron chi connectivity index (χ1n) is 8.51. The summed E-state index contributed by atoms with van der Waals surface area (Å²) in [5.41, 5.74) is 3.82. The predicted molar refractivity (Wildman–Crippen MR) is 98.0 cm³/mol. The lowest BCUT2D eigenvalue weighted by molar-refractivity contribution is 0.0598. The van der Waals surface area contributed by atoms with Gasteiger partial charge in [0.1, 0.15) is 0 Å². The fourth-order valence-corrected chi connectivity index (χ4v) is 3.53. The number of rotatable bonds is 3. The van der Waals surface area contributed by atoms with E-state index in [1.165, 1.54) is 7.11 Å². The molecule has 1 aliphatic rings. The first kappa shape index (κ1) is 16.3. The Morgan fingerprint density at radius 3 is 2.85 bits per heavy atom. The van der Waals surface area contributed by atoms with Gasteiger partial charge in [-0.05, 0) is 41.8 Å². The van der Waals surface area contributed by atoms with Crippen LogP contribution in [0.25, 0.3) is 10.9 Å². The highest BCUT2D eigenvalue weighted by Crippen LogP contribution is 2.26. The van der Waals surface area contributed by atoms with Gasteiger partial charge in [0, 0.05) is 30.2 Å². The van der Waals surface area contributed by atoms with Crippen LogP contribution >= 0.6 is 0 Å². The number of carbonyl (C=O) groups excluding carboxylic acids is 2. The topological polar surface area (TPSA) is 59.5 Å². The number of ether oxygens (including phenoxy) is 1. The van der Waals surface area contributed by atoms with Crippen molar-refractivity contribution in [1.82, 2.24) is 9.88 Å². The minimum atomic E-state index is -0.400. The molecule has 0 saturated heterocycles. The Kier molecular flexibility index (Phi) is 4.13. The van der Waals surface area contributed by atoms with Gasteiger partial charge in [0.05, 0.1) is 18.2 Å². The number of para-hydroxylation sites is 1. The van der Waals surface area contributed by atoms with E-state index in [-0.39, 0.29) is 5.91 Å². The van der Waals surface area contributed by atoms with Crippen LogP contribution in [0.4, 0.5) is 0 Å². The molecule has 2 heterocycles. The normalized spacial score (nSPS) is 13.6. The molecule has 5 nitrogen and oxygen atoms in total. The average molecular weight is 346 g/mol. The number of esters is 1. The summed E-state index contributed by atoms with van der Waals surface area (Å²) in [5, 5.41) is 1.05. The zero-order valence-corrected chi connectivity index (χ0v) is 14.4. The maximum Gasteiger partial charge on any atom is 0.338 e. The number of benzene rings is 2. The van der Waals surface area contributed by atoms with Crippen molar-refractivity contribution < 1.29 is 14.3 Å². The summed E-state index contributed by atoms with van der Waals surface area (Å²) in [7, 11) is 1.35. The molecule has 0 fully saturated rings. The molecular weight excluding hydrogens is 328 g/mol. The highest BCUT2D eigenvalue weighted by molar-refractivity contribution is 6.01. The van der Waals surface area contributed by atoms with Gasteiger partial charge in [-0.25, -0.2) is 4.79 Å². The Balaban J connectivity index is 1.67. The van der Waals surface area contributed by atoms with E-state index in [0.29, 0.717) is 30.6 Å². The second-order valence-corrected chi connectivity index (χ2v) is 6.29. The Morgan fingerprint density at radius 1 is 1.15 bits per heavy atom. The zero-order chi connectivity index (χ0) is 18.1. The van der Waals surface area contributed by atoms with Crippen molar-refractivity contribution in [2.75, 3.05) is 13.7 Å². The van der Waals surface area contributed by atoms with E-state index in [9.17, 15) is 9.59 Å². The Hall–Kier alpha value is -3.21. The maximum atomic E-state index is 13.0. The second kappa shape index (κ2) is 6.59. The Morgan fingerprint density at radius 2 is 2.00 bits per heavy atom. The maximum absolute atomic E-state index is 13.0. The number of aromatic nitrogens is 1. The number of hydrogen-bond donors (Lipinski definition) is 0. The number of pyridine rings is 1. The molecule has 3 aromatic rings. The molecule has 0 aliphatic carbocycles. The lowest BCUT2D eigenvalue weighted by atomic mass is 9.93. The van der Waals surface area contributed by atoms with E-state index < -0.39 is 5.97 Å². The summed E-state index contributed by atoms with van der Waals surface area (Å²) >= 11 is 0. The number of hydrogen-bond acceptors (Lipinski definition) is 4. The highest BCUT2D eigenvalue weighted by Gasteiger charge is 2.28. The summed E-state index contributed by atoms with van der Waals surface area (Å²) in [6.07, 6.45) is 2.41. The minimum Gasteiger partial charge on any atom is -0.465 e. The smallest absolute Gasteiger partial charge is 0.338 e. The highest BCUT2D eigenvalue weighted by atomic mass is 16.5. The molecule has 2 aromatic carbocycles. The molecule has 1 aromatic heterocycles. The van der Waals surface area contributed by atoms with Gasteiger partial charge in [-0.1, -0.05) is 24.3 Å². The molecule has 1 amide bonds. The molecule has 130 valence electrons. The number of carbonyl (C=O) groups is 2. The largest absolute Gasteiger partial charge is 0.465 e. The first-order chi connectivity index (χ1) is 12.7. The van der Waals surface area contributed by atoms with Crippen molar-refractivity contribution in [2.24, 2.45) is 0 Å². The summed E-state index contributed by atoms with van der Waals surface area (Å²) in [6, 6.07) is 15.1. The molecule has 0 N–H and O–H groups in total. The third-order valence-corrected chi connectivity index (χ3v) is 4.83.